The number of ether oxygens (including phenoxy) is 1. The van der Waals surface area contributed by atoms with Crippen molar-refractivity contribution >= 4 is 23.5 Å². The minimum Gasteiger partial charge on any atom is -0.488 e. The fraction of sp³-hybridized carbons (Fsp3) is 0.500. The van der Waals surface area contributed by atoms with Gasteiger partial charge >= 0.3 is 0 Å². The Morgan fingerprint density at radius 3 is 2.64 bits per heavy atom. The molecule has 0 saturated heterocycles. The number of hydrogen-bond donors (Lipinski definition) is 0. The Morgan fingerprint density at radius 1 is 1.29 bits per heavy atom. The van der Waals surface area contributed by atoms with Crippen molar-refractivity contribution in [2.24, 2.45) is 0 Å². The summed E-state index contributed by atoms with van der Waals surface area (Å²) in [5.41, 5.74) is 0. The van der Waals surface area contributed by atoms with Crippen LogP contribution in [0, 0.1) is 0 Å². The summed E-state index contributed by atoms with van der Waals surface area (Å²) in [6.45, 7) is 0. The van der Waals surface area contributed by atoms with E-state index in [0.717, 1.165) is 15.8 Å². The molecule has 0 N–H and O–H groups in total. The fourth-order valence-electron chi connectivity index (χ4n) is 1.13. The van der Waals surface area contributed by atoms with Crippen molar-refractivity contribution in [1.82, 2.24) is 4.98 Å². The van der Waals surface area contributed by atoms with E-state index in [2.05, 4.69) is 4.98 Å². The monoisotopic (exact) mass is 227 g/mol. The Bertz CT molecular complexity index is 326. The molecule has 1 saturated carbocycles. The molecule has 1 aromatic rings. The third-order valence-corrected chi connectivity index (χ3v) is 3.35. The van der Waals surface area contributed by atoms with Gasteiger partial charge in [-0.1, -0.05) is 0 Å². The summed E-state index contributed by atoms with van der Waals surface area (Å²) in [5.74, 6) is 0.942. The van der Waals surface area contributed by atoms with E-state index in [4.69, 9.17) is 4.74 Å². The van der Waals surface area contributed by atoms with E-state index in [9.17, 15) is 0 Å². The van der Waals surface area contributed by atoms with E-state index in [1.807, 2.05) is 24.6 Å². The maximum atomic E-state index is 5.75. The first kappa shape index (κ1) is 10.2. The van der Waals surface area contributed by atoms with E-state index in [1.165, 1.54) is 12.8 Å². The molecule has 0 spiro atoms. The van der Waals surface area contributed by atoms with Crippen LogP contribution in [0.15, 0.2) is 22.2 Å². The van der Waals surface area contributed by atoms with Gasteiger partial charge in [-0.3, -0.25) is 0 Å². The van der Waals surface area contributed by atoms with Gasteiger partial charge in [0, 0.05) is 0 Å². The molecule has 0 aromatic carbocycles. The highest BCUT2D eigenvalue weighted by Crippen LogP contribution is 2.33. The van der Waals surface area contributed by atoms with Crippen LogP contribution in [-0.2, 0) is 0 Å². The van der Waals surface area contributed by atoms with Gasteiger partial charge in [0.15, 0.2) is 5.75 Å². The molecule has 76 valence electrons. The number of thioether (sulfide) groups is 2. The summed E-state index contributed by atoms with van der Waals surface area (Å²) in [6.07, 6.45) is 6.90. The zero-order valence-corrected chi connectivity index (χ0v) is 9.95. The molecule has 0 bridgehead atoms. The third-order valence-electron chi connectivity index (χ3n) is 2.02. The minimum absolute atomic E-state index is 0.447. The van der Waals surface area contributed by atoms with Crippen molar-refractivity contribution in [2.75, 3.05) is 12.5 Å². The second-order valence-electron chi connectivity index (χ2n) is 3.18. The molecule has 0 radical (unpaired) electrons. The Hall–Kier alpha value is -0.350. The minimum atomic E-state index is 0.447. The Morgan fingerprint density at radius 2 is 2.07 bits per heavy atom. The highest BCUT2D eigenvalue weighted by Gasteiger charge is 2.24. The van der Waals surface area contributed by atoms with Crippen LogP contribution in [0.5, 0.6) is 5.75 Å². The van der Waals surface area contributed by atoms with E-state index >= 15 is 0 Å². The van der Waals surface area contributed by atoms with Gasteiger partial charge in [0.25, 0.3) is 0 Å². The van der Waals surface area contributed by atoms with Crippen LogP contribution in [0.3, 0.4) is 0 Å². The van der Waals surface area contributed by atoms with E-state index in [-0.39, 0.29) is 0 Å². The highest BCUT2D eigenvalue weighted by molar-refractivity contribution is 7.99. The van der Waals surface area contributed by atoms with Crippen LogP contribution in [0.1, 0.15) is 12.8 Å². The summed E-state index contributed by atoms with van der Waals surface area (Å²) in [7, 11) is 0. The first-order valence-corrected chi connectivity index (χ1v) is 7.04. The summed E-state index contributed by atoms with van der Waals surface area (Å²) in [4.78, 5) is 4.49. The molecule has 0 unspecified atom stereocenters. The second kappa shape index (κ2) is 4.45. The Labute approximate surface area is 92.8 Å². The van der Waals surface area contributed by atoms with Crippen molar-refractivity contribution in [3.8, 4) is 5.75 Å². The Kier molecular flexibility index (Phi) is 3.23. The molecule has 2 nitrogen and oxygen atoms in total. The van der Waals surface area contributed by atoms with Crippen molar-refractivity contribution in [3.05, 3.63) is 12.1 Å². The highest BCUT2D eigenvalue weighted by atomic mass is 32.2. The average molecular weight is 227 g/mol. The molecule has 1 aromatic heterocycles. The van der Waals surface area contributed by atoms with Gasteiger partial charge < -0.3 is 4.74 Å². The van der Waals surface area contributed by atoms with Gasteiger partial charge in [-0.05, 0) is 37.5 Å². The first-order chi connectivity index (χ1) is 6.83. The molecule has 2 rings (SSSR count). The molecule has 0 aliphatic heterocycles. The van der Waals surface area contributed by atoms with Gasteiger partial charge in [-0.2, -0.15) is 0 Å². The zero-order valence-electron chi connectivity index (χ0n) is 8.32. The predicted octanol–water partition coefficient (Wildman–Crippen LogP) is 3.07. The number of rotatable bonds is 4. The van der Waals surface area contributed by atoms with E-state index < -0.39 is 0 Å². The van der Waals surface area contributed by atoms with Crippen LogP contribution in [0.4, 0.5) is 0 Å². The van der Waals surface area contributed by atoms with Crippen LogP contribution in [0.25, 0.3) is 0 Å². The lowest BCUT2D eigenvalue weighted by molar-refractivity contribution is 0.293. The van der Waals surface area contributed by atoms with Crippen molar-refractivity contribution in [2.45, 2.75) is 29.0 Å². The lowest BCUT2D eigenvalue weighted by atomic mass is 10.4. The number of nitrogens with zero attached hydrogens (tertiary/aromatic N) is 1. The molecule has 14 heavy (non-hydrogen) atoms. The maximum absolute atomic E-state index is 5.75. The van der Waals surface area contributed by atoms with E-state index in [0.29, 0.717) is 6.10 Å². The topological polar surface area (TPSA) is 22.1 Å². The average Bonchev–Trinajstić information content (AvgIpc) is 3.02. The lowest BCUT2D eigenvalue weighted by Crippen LogP contribution is -1.98. The normalized spacial score (nSPS) is 15.6. The first-order valence-electron chi connectivity index (χ1n) is 4.59. The van der Waals surface area contributed by atoms with Crippen LogP contribution in [-0.4, -0.2) is 23.6 Å². The molecule has 1 heterocycles. The van der Waals surface area contributed by atoms with Crippen LogP contribution < -0.4 is 4.74 Å². The van der Waals surface area contributed by atoms with Gasteiger partial charge in [-0.25, -0.2) is 4.98 Å². The SMILES string of the molecule is CSc1ccc(OC2CC2)c(SC)n1. The largest absolute Gasteiger partial charge is 0.488 e. The number of aromatic nitrogens is 1. The summed E-state index contributed by atoms with van der Waals surface area (Å²) in [5, 5.41) is 2.06. The summed E-state index contributed by atoms with van der Waals surface area (Å²) < 4.78 is 5.75. The van der Waals surface area contributed by atoms with Crippen LogP contribution in [0.2, 0.25) is 0 Å². The molecule has 0 atom stereocenters. The summed E-state index contributed by atoms with van der Waals surface area (Å²) in [6, 6.07) is 4.05. The Balaban J connectivity index is 2.19. The molecule has 1 aliphatic rings. The molecular formula is C10H13NOS2. The van der Waals surface area contributed by atoms with Crippen molar-refractivity contribution in [3.63, 3.8) is 0 Å². The molecule has 4 heteroatoms. The lowest BCUT2D eigenvalue weighted by Gasteiger charge is -2.08. The number of hydrogen-bond acceptors (Lipinski definition) is 4. The quantitative estimate of drug-likeness (QED) is 0.737. The third kappa shape index (κ3) is 2.36. The van der Waals surface area contributed by atoms with Crippen molar-refractivity contribution < 1.29 is 4.74 Å². The predicted molar refractivity (Wildman–Crippen MR) is 61.4 cm³/mol. The second-order valence-corrected chi connectivity index (χ2v) is 4.80. The van der Waals surface area contributed by atoms with Crippen LogP contribution >= 0.6 is 23.5 Å². The molecular weight excluding hydrogens is 214 g/mol. The standard InChI is InChI=1S/C10H13NOS2/c1-13-9-6-5-8(10(11-9)14-2)12-7-3-4-7/h5-7H,3-4H2,1-2H3. The van der Waals surface area contributed by atoms with E-state index in [1.54, 1.807) is 23.5 Å². The molecule has 1 aliphatic carbocycles. The van der Waals surface area contributed by atoms with Gasteiger partial charge in [0.2, 0.25) is 0 Å². The smallest absolute Gasteiger partial charge is 0.151 e. The summed E-state index contributed by atoms with van der Waals surface area (Å²) >= 11 is 3.31. The van der Waals surface area contributed by atoms with Crippen molar-refractivity contribution in [1.29, 1.82) is 0 Å². The van der Waals surface area contributed by atoms with Gasteiger partial charge in [-0.15, -0.1) is 23.5 Å². The molecule has 0 amide bonds. The zero-order chi connectivity index (χ0) is 9.97. The van der Waals surface area contributed by atoms with Gasteiger partial charge in [0.1, 0.15) is 5.03 Å². The number of pyridine rings is 1. The van der Waals surface area contributed by atoms with Gasteiger partial charge in [0.05, 0.1) is 11.1 Å². The molecule has 1 fully saturated rings. The maximum Gasteiger partial charge on any atom is 0.151 e. The fourth-order valence-corrected chi connectivity index (χ4v) is 2.08.